The highest BCUT2D eigenvalue weighted by molar-refractivity contribution is 6.02. The SMILES string of the molecule is Cc1cc(C)cc(-c2ccc3c(c2)CC(CC2CCCCC2)C3=O)c1. The van der Waals surface area contributed by atoms with Crippen molar-refractivity contribution in [1.29, 1.82) is 0 Å². The molecule has 0 bridgehead atoms. The van der Waals surface area contributed by atoms with Crippen molar-refractivity contribution in [3.63, 3.8) is 0 Å². The van der Waals surface area contributed by atoms with Crippen LogP contribution in [0.25, 0.3) is 11.1 Å². The Hall–Kier alpha value is -1.89. The Balaban J connectivity index is 1.56. The van der Waals surface area contributed by atoms with E-state index in [2.05, 4.69) is 50.2 Å². The van der Waals surface area contributed by atoms with Crippen LogP contribution in [-0.2, 0) is 6.42 Å². The van der Waals surface area contributed by atoms with Crippen LogP contribution in [0.1, 0.15) is 65.6 Å². The zero-order chi connectivity index (χ0) is 17.4. The van der Waals surface area contributed by atoms with Crippen LogP contribution in [-0.4, -0.2) is 5.78 Å². The van der Waals surface area contributed by atoms with Crippen molar-refractivity contribution in [2.75, 3.05) is 0 Å². The number of rotatable bonds is 3. The lowest BCUT2D eigenvalue weighted by atomic mass is 9.81. The monoisotopic (exact) mass is 332 g/mol. The third kappa shape index (κ3) is 3.42. The highest BCUT2D eigenvalue weighted by atomic mass is 16.1. The molecule has 0 heterocycles. The molecule has 2 aromatic carbocycles. The number of Topliss-reactive ketones (excluding diaryl/α,β-unsaturated/α-hetero) is 1. The van der Waals surface area contributed by atoms with Gasteiger partial charge in [0.2, 0.25) is 0 Å². The third-order valence-corrected chi connectivity index (χ3v) is 6.11. The van der Waals surface area contributed by atoms with E-state index in [0.29, 0.717) is 5.78 Å². The minimum atomic E-state index is 0.229. The van der Waals surface area contributed by atoms with Crippen LogP contribution in [0.3, 0.4) is 0 Å². The number of benzene rings is 2. The number of fused-ring (bicyclic) bond motifs is 1. The molecule has 1 unspecified atom stereocenters. The summed E-state index contributed by atoms with van der Waals surface area (Å²) in [4.78, 5) is 12.8. The minimum absolute atomic E-state index is 0.229. The first-order valence-electron chi connectivity index (χ1n) is 9.86. The van der Waals surface area contributed by atoms with Crippen LogP contribution in [0.5, 0.6) is 0 Å². The Kier molecular flexibility index (Phi) is 4.50. The van der Waals surface area contributed by atoms with E-state index in [1.54, 1.807) is 0 Å². The van der Waals surface area contributed by atoms with Crippen LogP contribution in [0, 0.1) is 25.7 Å². The van der Waals surface area contributed by atoms with Gasteiger partial charge in [0.15, 0.2) is 5.78 Å². The Morgan fingerprint density at radius 2 is 1.60 bits per heavy atom. The highest BCUT2D eigenvalue weighted by Gasteiger charge is 2.32. The van der Waals surface area contributed by atoms with Crippen molar-refractivity contribution in [1.82, 2.24) is 0 Å². The van der Waals surface area contributed by atoms with Crippen molar-refractivity contribution in [2.24, 2.45) is 11.8 Å². The molecule has 1 saturated carbocycles. The van der Waals surface area contributed by atoms with E-state index in [1.807, 2.05) is 0 Å². The van der Waals surface area contributed by atoms with E-state index in [0.717, 1.165) is 24.3 Å². The molecular weight excluding hydrogens is 304 g/mol. The molecular formula is C24H28O. The summed E-state index contributed by atoms with van der Waals surface area (Å²) < 4.78 is 0. The fourth-order valence-corrected chi connectivity index (χ4v) is 4.92. The smallest absolute Gasteiger partial charge is 0.166 e. The van der Waals surface area contributed by atoms with Crippen LogP contribution >= 0.6 is 0 Å². The molecule has 0 aliphatic heterocycles. The maximum absolute atomic E-state index is 12.8. The average Bonchev–Trinajstić information content (AvgIpc) is 2.90. The fraction of sp³-hybridized carbons (Fsp3) is 0.458. The van der Waals surface area contributed by atoms with Crippen molar-refractivity contribution < 1.29 is 4.79 Å². The third-order valence-electron chi connectivity index (χ3n) is 6.11. The molecule has 1 heteroatoms. The molecule has 1 nitrogen and oxygen atoms in total. The molecule has 1 atom stereocenters. The van der Waals surface area contributed by atoms with Crippen molar-refractivity contribution in [3.05, 3.63) is 58.7 Å². The van der Waals surface area contributed by atoms with Gasteiger partial charge in [-0.25, -0.2) is 0 Å². The normalized spacial score (nSPS) is 20.7. The van der Waals surface area contributed by atoms with Gasteiger partial charge in [-0.05, 0) is 49.3 Å². The quantitative estimate of drug-likeness (QED) is 0.645. The first kappa shape index (κ1) is 16.6. The predicted molar refractivity (Wildman–Crippen MR) is 104 cm³/mol. The van der Waals surface area contributed by atoms with E-state index >= 15 is 0 Å². The second kappa shape index (κ2) is 6.78. The maximum Gasteiger partial charge on any atom is 0.166 e. The predicted octanol–water partition coefficient (Wildman–Crippen LogP) is 6.30. The number of aryl methyl sites for hydroxylation is 2. The molecule has 0 radical (unpaired) electrons. The fourth-order valence-electron chi connectivity index (χ4n) is 4.92. The first-order chi connectivity index (χ1) is 12.1. The number of carbonyl (C=O) groups excluding carboxylic acids is 1. The van der Waals surface area contributed by atoms with E-state index in [9.17, 15) is 4.79 Å². The summed E-state index contributed by atoms with van der Waals surface area (Å²) in [5.74, 6) is 1.40. The molecule has 2 aromatic rings. The Labute approximate surface area is 151 Å². The van der Waals surface area contributed by atoms with Crippen molar-refractivity contribution >= 4 is 5.78 Å². The molecule has 2 aliphatic carbocycles. The maximum atomic E-state index is 12.8. The number of hydrogen-bond acceptors (Lipinski definition) is 1. The zero-order valence-electron chi connectivity index (χ0n) is 15.5. The number of carbonyl (C=O) groups is 1. The minimum Gasteiger partial charge on any atom is -0.294 e. The summed E-state index contributed by atoms with van der Waals surface area (Å²) in [6, 6.07) is 13.2. The molecule has 0 N–H and O–H groups in total. The molecule has 1 fully saturated rings. The molecule has 0 saturated heterocycles. The van der Waals surface area contributed by atoms with Crippen LogP contribution in [0.15, 0.2) is 36.4 Å². The zero-order valence-corrected chi connectivity index (χ0v) is 15.5. The van der Waals surface area contributed by atoms with Gasteiger partial charge in [-0.15, -0.1) is 0 Å². The van der Waals surface area contributed by atoms with E-state index < -0.39 is 0 Å². The van der Waals surface area contributed by atoms with Gasteiger partial charge in [0.25, 0.3) is 0 Å². The second-order valence-corrected chi connectivity index (χ2v) is 8.25. The summed E-state index contributed by atoms with van der Waals surface area (Å²) in [6.45, 7) is 4.29. The lowest BCUT2D eigenvalue weighted by Gasteiger charge is -2.23. The van der Waals surface area contributed by atoms with E-state index in [-0.39, 0.29) is 5.92 Å². The van der Waals surface area contributed by atoms with Crippen molar-refractivity contribution in [2.45, 2.75) is 58.8 Å². The Morgan fingerprint density at radius 3 is 2.32 bits per heavy atom. The van der Waals surface area contributed by atoms with Gasteiger partial charge in [0, 0.05) is 11.5 Å². The number of hydrogen-bond donors (Lipinski definition) is 0. The highest BCUT2D eigenvalue weighted by Crippen LogP contribution is 2.37. The molecule has 25 heavy (non-hydrogen) atoms. The molecule has 2 aliphatic rings. The van der Waals surface area contributed by atoms with Gasteiger partial charge in [0.1, 0.15) is 0 Å². The lowest BCUT2D eigenvalue weighted by molar-refractivity contribution is 0.0912. The lowest BCUT2D eigenvalue weighted by Crippen LogP contribution is -2.16. The molecule has 4 rings (SSSR count). The van der Waals surface area contributed by atoms with E-state index in [4.69, 9.17) is 0 Å². The summed E-state index contributed by atoms with van der Waals surface area (Å²) in [7, 11) is 0. The van der Waals surface area contributed by atoms with Crippen LogP contribution in [0.2, 0.25) is 0 Å². The van der Waals surface area contributed by atoms with Crippen LogP contribution in [0.4, 0.5) is 0 Å². The first-order valence-corrected chi connectivity index (χ1v) is 9.86. The average molecular weight is 332 g/mol. The molecule has 0 spiro atoms. The van der Waals surface area contributed by atoms with Gasteiger partial charge in [-0.2, -0.15) is 0 Å². The number of ketones is 1. The Morgan fingerprint density at radius 1 is 0.880 bits per heavy atom. The summed E-state index contributed by atoms with van der Waals surface area (Å²) in [5, 5.41) is 0. The standard InChI is InChI=1S/C24H28O/c1-16-10-17(2)12-20(11-16)19-8-9-23-21(14-19)15-22(24(23)25)13-18-6-4-3-5-7-18/h8-12,14,18,22H,3-7,13,15H2,1-2H3. The molecule has 0 amide bonds. The van der Waals surface area contributed by atoms with E-state index in [1.165, 1.54) is 59.9 Å². The Bertz CT molecular complexity index is 775. The second-order valence-electron chi connectivity index (χ2n) is 8.25. The molecule has 0 aromatic heterocycles. The molecule has 130 valence electrons. The largest absolute Gasteiger partial charge is 0.294 e. The summed E-state index contributed by atoms with van der Waals surface area (Å²) in [6.07, 6.45) is 8.80. The summed E-state index contributed by atoms with van der Waals surface area (Å²) in [5.41, 5.74) is 7.35. The van der Waals surface area contributed by atoms with Gasteiger partial charge < -0.3 is 0 Å². The van der Waals surface area contributed by atoms with Gasteiger partial charge in [0.05, 0.1) is 0 Å². The van der Waals surface area contributed by atoms with Gasteiger partial charge in [-0.3, -0.25) is 4.79 Å². The van der Waals surface area contributed by atoms with Gasteiger partial charge in [-0.1, -0.05) is 79.6 Å². The van der Waals surface area contributed by atoms with Crippen LogP contribution < -0.4 is 0 Å². The van der Waals surface area contributed by atoms with Crippen molar-refractivity contribution in [3.8, 4) is 11.1 Å². The van der Waals surface area contributed by atoms with Gasteiger partial charge >= 0.3 is 0 Å². The summed E-state index contributed by atoms with van der Waals surface area (Å²) >= 11 is 0. The topological polar surface area (TPSA) is 17.1 Å².